The molecule has 4 rings (SSSR count). The molecular weight excluding hydrogens is 210 g/mol. The van der Waals surface area contributed by atoms with Crippen molar-refractivity contribution in [2.24, 2.45) is 23.2 Å². The second kappa shape index (κ2) is 4.05. The number of hydrogen-bond acceptors (Lipinski definition) is 1. The predicted octanol–water partition coefficient (Wildman–Crippen LogP) is 2.34. The van der Waals surface area contributed by atoms with Crippen molar-refractivity contribution in [1.82, 2.24) is 5.32 Å². The molecule has 0 aromatic rings. The Bertz CT molecular complexity index is 330. The molecule has 4 fully saturated rings. The first kappa shape index (κ1) is 11.1. The molecule has 2 heteroatoms. The van der Waals surface area contributed by atoms with Crippen LogP contribution in [0, 0.1) is 35.5 Å². The Kier molecular flexibility index (Phi) is 2.65. The van der Waals surface area contributed by atoms with Crippen LogP contribution in [0.1, 0.15) is 44.9 Å². The summed E-state index contributed by atoms with van der Waals surface area (Å²) < 4.78 is 0. The fourth-order valence-corrected chi connectivity index (χ4v) is 5.06. The van der Waals surface area contributed by atoms with Crippen LogP contribution in [0.15, 0.2) is 0 Å². The van der Waals surface area contributed by atoms with Crippen LogP contribution < -0.4 is 5.32 Å². The first-order chi connectivity index (χ1) is 8.19. The van der Waals surface area contributed by atoms with Crippen LogP contribution in [0.3, 0.4) is 0 Å². The second-order valence-electron chi connectivity index (χ2n) is 6.58. The maximum absolute atomic E-state index is 11.9. The van der Waals surface area contributed by atoms with Gasteiger partial charge in [0.25, 0.3) is 0 Å². The van der Waals surface area contributed by atoms with E-state index >= 15 is 0 Å². The molecule has 0 radical (unpaired) electrons. The van der Waals surface area contributed by atoms with Gasteiger partial charge in [-0.25, -0.2) is 0 Å². The third kappa shape index (κ3) is 2.08. The van der Waals surface area contributed by atoms with Gasteiger partial charge in [-0.15, -0.1) is 6.42 Å². The van der Waals surface area contributed by atoms with E-state index in [1.165, 1.54) is 38.5 Å². The minimum absolute atomic E-state index is 0.171. The lowest BCUT2D eigenvalue weighted by Gasteiger charge is -2.56. The number of carbonyl (C=O) groups excluding carboxylic acids is 1. The molecule has 4 aliphatic rings. The van der Waals surface area contributed by atoms with Crippen molar-refractivity contribution in [2.45, 2.75) is 44.9 Å². The lowest BCUT2D eigenvalue weighted by Crippen LogP contribution is -2.48. The van der Waals surface area contributed by atoms with Gasteiger partial charge < -0.3 is 5.32 Å². The Balaban J connectivity index is 1.66. The summed E-state index contributed by atoms with van der Waals surface area (Å²) in [5, 5.41) is 2.83. The number of nitrogens with one attached hydrogen (secondary N) is 1. The van der Waals surface area contributed by atoms with Gasteiger partial charge in [0.1, 0.15) is 0 Å². The van der Waals surface area contributed by atoms with Gasteiger partial charge in [0.2, 0.25) is 5.91 Å². The summed E-state index contributed by atoms with van der Waals surface area (Å²) in [5.74, 6) is 5.40. The third-order valence-electron chi connectivity index (χ3n) is 5.09. The first-order valence-corrected chi connectivity index (χ1v) is 6.89. The summed E-state index contributed by atoms with van der Waals surface area (Å²) in [5.41, 5.74) is 0.341. The molecule has 0 atom stereocenters. The van der Waals surface area contributed by atoms with E-state index in [0.717, 1.165) is 24.2 Å². The number of terminal acetylenes is 1. The van der Waals surface area contributed by atoms with Gasteiger partial charge in [0.15, 0.2) is 0 Å². The summed E-state index contributed by atoms with van der Waals surface area (Å²) in [6.07, 6.45) is 14.1. The standard InChI is InChI=1S/C15H21NO/c1-2-3-16-14(17)10-15-7-11-4-12(8-15)6-13(5-11)9-15/h1,11-13H,3-10H2,(H,16,17). The first-order valence-electron chi connectivity index (χ1n) is 6.89. The van der Waals surface area contributed by atoms with Gasteiger partial charge in [0.05, 0.1) is 6.54 Å². The number of hydrogen-bond donors (Lipinski definition) is 1. The fraction of sp³-hybridized carbons (Fsp3) is 0.800. The van der Waals surface area contributed by atoms with E-state index in [-0.39, 0.29) is 5.91 Å². The average Bonchev–Trinajstić information content (AvgIpc) is 2.23. The highest BCUT2D eigenvalue weighted by Crippen LogP contribution is 2.61. The van der Waals surface area contributed by atoms with E-state index in [9.17, 15) is 4.79 Å². The maximum atomic E-state index is 11.9. The fourth-order valence-electron chi connectivity index (χ4n) is 5.06. The van der Waals surface area contributed by atoms with Crippen molar-refractivity contribution < 1.29 is 4.79 Å². The molecule has 0 aromatic heterocycles. The largest absolute Gasteiger partial charge is 0.345 e. The molecule has 4 aliphatic carbocycles. The molecule has 1 N–H and O–H groups in total. The Hall–Kier alpha value is -0.970. The zero-order valence-corrected chi connectivity index (χ0v) is 10.4. The van der Waals surface area contributed by atoms with Gasteiger partial charge in [-0.05, 0) is 61.7 Å². The zero-order valence-electron chi connectivity index (χ0n) is 10.4. The van der Waals surface area contributed by atoms with Crippen molar-refractivity contribution in [3.8, 4) is 12.3 Å². The second-order valence-corrected chi connectivity index (χ2v) is 6.58. The molecular formula is C15H21NO. The van der Waals surface area contributed by atoms with Crippen LogP contribution in [0.2, 0.25) is 0 Å². The number of carbonyl (C=O) groups is 1. The predicted molar refractivity (Wildman–Crippen MR) is 67.1 cm³/mol. The van der Waals surface area contributed by atoms with Gasteiger partial charge in [-0.1, -0.05) is 5.92 Å². The van der Waals surface area contributed by atoms with Crippen LogP contribution >= 0.6 is 0 Å². The Labute approximate surface area is 104 Å². The molecule has 92 valence electrons. The molecule has 0 aliphatic heterocycles. The van der Waals surface area contributed by atoms with E-state index in [0.29, 0.717) is 12.0 Å². The summed E-state index contributed by atoms with van der Waals surface area (Å²) in [6.45, 7) is 0.380. The third-order valence-corrected chi connectivity index (χ3v) is 5.09. The summed E-state index contributed by atoms with van der Waals surface area (Å²) in [6, 6.07) is 0. The van der Waals surface area contributed by atoms with E-state index in [2.05, 4.69) is 11.2 Å². The highest BCUT2D eigenvalue weighted by atomic mass is 16.1. The van der Waals surface area contributed by atoms with E-state index < -0.39 is 0 Å². The smallest absolute Gasteiger partial charge is 0.221 e. The van der Waals surface area contributed by atoms with Crippen molar-refractivity contribution >= 4 is 5.91 Å². The van der Waals surface area contributed by atoms with Crippen molar-refractivity contribution in [2.75, 3.05) is 6.54 Å². The SMILES string of the molecule is C#CCNC(=O)CC12CC3CC(CC(C3)C1)C2. The minimum atomic E-state index is 0.171. The van der Waals surface area contributed by atoms with Crippen LogP contribution in [0.25, 0.3) is 0 Å². The Morgan fingerprint density at radius 2 is 1.71 bits per heavy atom. The lowest BCUT2D eigenvalue weighted by atomic mass is 9.49. The molecule has 0 spiro atoms. The van der Waals surface area contributed by atoms with Crippen LogP contribution in [0.4, 0.5) is 0 Å². The van der Waals surface area contributed by atoms with Gasteiger partial charge in [-0.2, -0.15) is 0 Å². The summed E-state index contributed by atoms with van der Waals surface area (Å²) in [4.78, 5) is 11.9. The zero-order chi connectivity index (χ0) is 11.9. The lowest BCUT2D eigenvalue weighted by molar-refractivity contribution is -0.129. The quantitative estimate of drug-likeness (QED) is 0.742. The average molecular weight is 231 g/mol. The molecule has 2 nitrogen and oxygen atoms in total. The summed E-state index contributed by atoms with van der Waals surface area (Å²) in [7, 11) is 0. The normalized spacial score (nSPS) is 42.2. The van der Waals surface area contributed by atoms with Crippen LogP contribution in [-0.4, -0.2) is 12.5 Å². The Morgan fingerprint density at radius 3 is 2.18 bits per heavy atom. The highest BCUT2D eigenvalue weighted by Gasteiger charge is 2.51. The molecule has 4 saturated carbocycles. The van der Waals surface area contributed by atoms with E-state index in [4.69, 9.17) is 6.42 Å². The monoisotopic (exact) mass is 231 g/mol. The Morgan fingerprint density at radius 1 is 1.18 bits per heavy atom. The van der Waals surface area contributed by atoms with Crippen molar-refractivity contribution in [3.63, 3.8) is 0 Å². The van der Waals surface area contributed by atoms with Crippen molar-refractivity contribution in [3.05, 3.63) is 0 Å². The van der Waals surface area contributed by atoms with Gasteiger partial charge >= 0.3 is 0 Å². The van der Waals surface area contributed by atoms with Crippen molar-refractivity contribution in [1.29, 1.82) is 0 Å². The molecule has 0 aromatic carbocycles. The maximum Gasteiger partial charge on any atom is 0.221 e. The molecule has 0 heterocycles. The topological polar surface area (TPSA) is 29.1 Å². The molecule has 17 heavy (non-hydrogen) atoms. The van der Waals surface area contributed by atoms with Gasteiger partial charge in [0, 0.05) is 6.42 Å². The molecule has 1 amide bonds. The highest BCUT2D eigenvalue weighted by molar-refractivity contribution is 5.77. The summed E-state index contributed by atoms with van der Waals surface area (Å²) >= 11 is 0. The van der Waals surface area contributed by atoms with E-state index in [1.807, 2.05) is 0 Å². The van der Waals surface area contributed by atoms with Crippen LogP contribution in [-0.2, 0) is 4.79 Å². The van der Waals surface area contributed by atoms with Gasteiger partial charge in [-0.3, -0.25) is 4.79 Å². The number of amides is 1. The number of rotatable bonds is 3. The van der Waals surface area contributed by atoms with E-state index in [1.54, 1.807) is 0 Å². The van der Waals surface area contributed by atoms with Crippen LogP contribution in [0.5, 0.6) is 0 Å². The minimum Gasteiger partial charge on any atom is -0.345 e. The molecule has 0 unspecified atom stereocenters. The molecule has 0 saturated heterocycles. The molecule has 4 bridgehead atoms.